The highest BCUT2D eigenvalue weighted by molar-refractivity contribution is 5.80. The third-order valence-corrected chi connectivity index (χ3v) is 3.37. The molecule has 0 saturated heterocycles. The molecule has 1 aromatic carbocycles. The van der Waals surface area contributed by atoms with Gasteiger partial charge in [0.05, 0.1) is 0 Å². The van der Waals surface area contributed by atoms with Gasteiger partial charge in [0, 0.05) is 12.8 Å². The summed E-state index contributed by atoms with van der Waals surface area (Å²) in [4.78, 5) is 11.4. The van der Waals surface area contributed by atoms with E-state index in [4.69, 9.17) is 5.73 Å². The van der Waals surface area contributed by atoms with E-state index in [0.717, 1.165) is 32.1 Å². The molecule has 0 heterocycles. The van der Waals surface area contributed by atoms with Gasteiger partial charge in [-0.25, -0.2) is 0 Å². The van der Waals surface area contributed by atoms with Gasteiger partial charge in [0.1, 0.15) is 5.78 Å². The van der Waals surface area contributed by atoms with Crippen molar-refractivity contribution in [2.45, 2.75) is 38.0 Å². The first-order valence-electron chi connectivity index (χ1n) is 6.10. The molecule has 1 saturated carbocycles. The van der Waals surface area contributed by atoms with Gasteiger partial charge in [0.25, 0.3) is 0 Å². The smallest absolute Gasteiger partial charge is 0.133 e. The Hall–Kier alpha value is -1.15. The highest BCUT2D eigenvalue weighted by Crippen LogP contribution is 2.30. The lowest BCUT2D eigenvalue weighted by Gasteiger charge is -2.21. The Morgan fingerprint density at radius 3 is 2.62 bits per heavy atom. The third-order valence-electron chi connectivity index (χ3n) is 3.37. The van der Waals surface area contributed by atoms with Gasteiger partial charge in [-0.05, 0) is 42.9 Å². The molecule has 0 bridgehead atoms. The van der Waals surface area contributed by atoms with Crippen LogP contribution in [0.3, 0.4) is 0 Å². The van der Waals surface area contributed by atoms with Gasteiger partial charge in [-0.15, -0.1) is 0 Å². The maximum Gasteiger partial charge on any atom is 0.133 e. The summed E-state index contributed by atoms with van der Waals surface area (Å²) in [6.45, 7) is 0.696. The normalized spacial score (nSPS) is 21.1. The Morgan fingerprint density at radius 1 is 1.25 bits per heavy atom. The van der Waals surface area contributed by atoms with E-state index in [1.807, 2.05) is 0 Å². The molecule has 0 aromatic heterocycles. The number of carbonyl (C=O) groups excluding carboxylic acids is 1. The summed E-state index contributed by atoms with van der Waals surface area (Å²) in [5, 5.41) is 0. The van der Waals surface area contributed by atoms with Gasteiger partial charge in [-0.2, -0.15) is 0 Å². The zero-order valence-corrected chi connectivity index (χ0v) is 9.61. The minimum atomic E-state index is 0.419. The lowest BCUT2D eigenvalue weighted by atomic mass is 9.83. The van der Waals surface area contributed by atoms with Crippen LogP contribution in [0, 0.1) is 0 Å². The molecule has 0 aliphatic heterocycles. The van der Waals surface area contributed by atoms with Crippen molar-refractivity contribution in [1.29, 1.82) is 0 Å². The summed E-state index contributed by atoms with van der Waals surface area (Å²) in [7, 11) is 0. The molecule has 0 amide bonds. The fourth-order valence-electron chi connectivity index (χ4n) is 2.43. The van der Waals surface area contributed by atoms with E-state index in [1.54, 1.807) is 0 Å². The lowest BCUT2D eigenvalue weighted by molar-refractivity contribution is -0.120. The highest BCUT2D eigenvalue weighted by Gasteiger charge is 2.20. The Kier molecular flexibility index (Phi) is 3.73. The first-order chi connectivity index (χ1) is 7.79. The third kappa shape index (κ3) is 2.70. The SMILES string of the molecule is NCCc1ccc(C2CCCC(=O)C2)cc1. The van der Waals surface area contributed by atoms with Crippen LogP contribution >= 0.6 is 0 Å². The maximum absolute atomic E-state index is 11.4. The summed E-state index contributed by atoms with van der Waals surface area (Å²) in [5.41, 5.74) is 8.11. The zero-order chi connectivity index (χ0) is 11.4. The Labute approximate surface area is 96.8 Å². The number of benzene rings is 1. The first-order valence-corrected chi connectivity index (χ1v) is 6.10. The zero-order valence-electron chi connectivity index (χ0n) is 9.61. The van der Waals surface area contributed by atoms with Gasteiger partial charge >= 0.3 is 0 Å². The van der Waals surface area contributed by atoms with E-state index in [2.05, 4.69) is 24.3 Å². The molecule has 0 spiro atoms. The largest absolute Gasteiger partial charge is 0.330 e. The van der Waals surface area contributed by atoms with Crippen LogP contribution < -0.4 is 5.73 Å². The fourth-order valence-corrected chi connectivity index (χ4v) is 2.43. The second-order valence-corrected chi connectivity index (χ2v) is 4.61. The van der Waals surface area contributed by atoms with Crippen LogP contribution in [0.15, 0.2) is 24.3 Å². The molecule has 1 atom stereocenters. The Bertz CT molecular complexity index is 356. The minimum absolute atomic E-state index is 0.419. The highest BCUT2D eigenvalue weighted by atomic mass is 16.1. The summed E-state index contributed by atoms with van der Waals surface area (Å²) >= 11 is 0. The second-order valence-electron chi connectivity index (χ2n) is 4.61. The Morgan fingerprint density at radius 2 is 2.00 bits per heavy atom. The van der Waals surface area contributed by atoms with Crippen molar-refractivity contribution in [3.8, 4) is 0 Å². The van der Waals surface area contributed by atoms with Gasteiger partial charge in [0.15, 0.2) is 0 Å². The average Bonchev–Trinajstić information content (AvgIpc) is 2.30. The van der Waals surface area contributed by atoms with Crippen molar-refractivity contribution in [1.82, 2.24) is 0 Å². The molecule has 0 radical (unpaired) electrons. The molecule has 86 valence electrons. The quantitative estimate of drug-likeness (QED) is 0.845. The van der Waals surface area contributed by atoms with Crippen LogP contribution in [0.25, 0.3) is 0 Å². The van der Waals surface area contributed by atoms with Gasteiger partial charge in [-0.3, -0.25) is 4.79 Å². The number of Topliss-reactive ketones (excluding diaryl/α,β-unsaturated/α-hetero) is 1. The monoisotopic (exact) mass is 217 g/mol. The molecule has 1 unspecified atom stereocenters. The van der Waals surface area contributed by atoms with Crippen molar-refractivity contribution >= 4 is 5.78 Å². The standard InChI is InChI=1S/C14H19NO/c15-9-8-11-4-6-12(7-5-11)13-2-1-3-14(16)10-13/h4-7,13H,1-3,8-10,15H2. The first kappa shape index (κ1) is 11.3. The number of carbonyl (C=O) groups is 1. The van der Waals surface area contributed by atoms with Crippen molar-refractivity contribution in [3.05, 3.63) is 35.4 Å². The molecule has 2 nitrogen and oxygen atoms in total. The number of rotatable bonds is 3. The summed E-state index contributed by atoms with van der Waals surface area (Å²) < 4.78 is 0. The molecule has 1 aliphatic carbocycles. The van der Waals surface area contributed by atoms with Crippen LogP contribution in [0.2, 0.25) is 0 Å². The van der Waals surface area contributed by atoms with Crippen LogP contribution in [0.1, 0.15) is 42.7 Å². The van der Waals surface area contributed by atoms with Crippen molar-refractivity contribution in [2.75, 3.05) is 6.54 Å². The van der Waals surface area contributed by atoms with E-state index in [-0.39, 0.29) is 0 Å². The van der Waals surface area contributed by atoms with E-state index < -0.39 is 0 Å². The second kappa shape index (κ2) is 5.26. The maximum atomic E-state index is 11.4. The molecule has 2 heteroatoms. The fraction of sp³-hybridized carbons (Fsp3) is 0.500. The van der Waals surface area contributed by atoms with Crippen molar-refractivity contribution in [2.24, 2.45) is 5.73 Å². The number of hydrogen-bond acceptors (Lipinski definition) is 2. The van der Waals surface area contributed by atoms with Crippen LogP contribution in [-0.4, -0.2) is 12.3 Å². The molecule has 2 N–H and O–H groups in total. The van der Waals surface area contributed by atoms with E-state index >= 15 is 0 Å². The number of ketones is 1. The van der Waals surface area contributed by atoms with Crippen molar-refractivity contribution in [3.63, 3.8) is 0 Å². The van der Waals surface area contributed by atoms with Gasteiger partial charge in [-0.1, -0.05) is 24.3 Å². The molecule has 1 aliphatic rings. The average molecular weight is 217 g/mol. The topological polar surface area (TPSA) is 43.1 Å². The molecule has 1 fully saturated rings. The molecule has 16 heavy (non-hydrogen) atoms. The molecule has 1 aromatic rings. The number of hydrogen-bond donors (Lipinski definition) is 1. The summed E-state index contributed by atoms with van der Waals surface area (Å²) in [6, 6.07) is 8.60. The number of nitrogens with two attached hydrogens (primary N) is 1. The Balaban J connectivity index is 2.05. The summed E-state index contributed by atoms with van der Waals surface area (Å²) in [5.74, 6) is 0.871. The van der Waals surface area contributed by atoms with Crippen LogP contribution in [-0.2, 0) is 11.2 Å². The van der Waals surface area contributed by atoms with Crippen molar-refractivity contribution < 1.29 is 4.79 Å². The predicted molar refractivity (Wildman–Crippen MR) is 65.4 cm³/mol. The molecule has 2 rings (SSSR count). The van der Waals surface area contributed by atoms with E-state index in [9.17, 15) is 4.79 Å². The van der Waals surface area contributed by atoms with Gasteiger partial charge in [0.2, 0.25) is 0 Å². The van der Waals surface area contributed by atoms with Crippen LogP contribution in [0.4, 0.5) is 0 Å². The van der Waals surface area contributed by atoms with E-state index in [1.165, 1.54) is 11.1 Å². The predicted octanol–water partition coefficient (Wildman–Crippen LogP) is 2.41. The lowest BCUT2D eigenvalue weighted by Crippen LogP contribution is -2.13. The minimum Gasteiger partial charge on any atom is -0.330 e. The summed E-state index contributed by atoms with van der Waals surface area (Å²) in [6.07, 6.45) is 4.65. The van der Waals surface area contributed by atoms with E-state index in [0.29, 0.717) is 18.2 Å². The van der Waals surface area contributed by atoms with Crippen LogP contribution in [0.5, 0.6) is 0 Å². The molecular formula is C14H19NO. The van der Waals surface area contributed by atoms with Gasteiger partial charge < -0.3 is 5.73 Å². The molecular weight excluding hydrogens is 198 g/mol.